The van der Waals surface area contributed by atoms with Crippen LogP contribution in [0.4, 0.5) is 8.78 Å². The second-order valence-electron chi connectivity index (χ2n) is 9.01. The molecule has 1 aliphatic rings. The molecule has 0 bridgehead atoms. The van der Waals surface area contributed by atoms with E-state index < -0.39 is 35.1 Å². The molecule has 8 nitrogen and oxygen atoms in total. The highest BCUT2D eigenvalue weighted by atomic mass is 32.2. The van der Waals surface area contributed by atoms with Gasteiger partial charge in [-0.1, -0.05) is 18.2 Å². The second kappa shape index (κ2) is 11.4. The van der Waals surface area contributed by atoms with E-state index in [0.717, 1.165) is 5.69 Å². The summed E-state index contributed by atoms with van der Waals surface area (Å²) in [6.07, 6.45) is 0.609. The van der Waals surface area contributed by atoms with E-state index in [0.29, 0.717) is 29.8 Å². The van der Waals surface area contributed by atoms with Crippen molar-refractivity contribution in [2.45, 2.75) is 38.2 Å². The van der Waals surface area contributed by atoms with Crippen LogP contribution in [0, 0.1) is 19.8 Å². The van der Waals surface area contributed by atoms with Gasteiger partial charge in [0.2, 0.25) is 15.8 Å². The summed E-state index contributed by atoms with van der Waals surface area (Å²) >= 11 is 0. The van der Waals surface area contributed by atoms with Crippen LogP contribution in [0.5, 0.6) is 5.75 Å². The molecule has 11 heteroatoms. The van der Waals surface area contributed by atoms with Gasteiger partial charge in [-0.15, -0.1) is 0 Å². The van der Waals surface area contributed by atoms with E-state index in [-0.39, 0.29) is 29.5 Å². The van der Waals surface area contributed by atoms with Gasteiger partial charge < -0.3 is 14.0 Å². The van der Waals surface area contributed by atoms with Gasteiger partial charge in [-0.3, -0.25) is 9.59 Å². The molecule has 1 aliphatic heterocycles. The van der Waals surface area contributed by atoms with E-state index in [1.54, 1.807) is 54.8 Å². The Balaban J connectivity index is 1.34. The van der Waals surface area contributed by atoms with Crippen LogP contribution in [0.2, 0.25) is 0 Å². The summed E-state index contributed by atoms with van der Waals surface area (Å²) in [4.78, 5) is 25.7. The number of benzene rings is 2. The number of ketones is 1. The van der Waals surface area contributed by atoms with E-state index in [4.69, 9.17) is 4.74 Å². The van der Waals surface area contributed by atoms with Gasteiger partial charge in [-0.05, 0) is 69.2 Å². The van der Waals surface area contributed by atoms with E-state index in [1.807, 2.05) is 0 Å². The number of sulfonamides is 1. The highest BCUT2D eigenvalue weighted by molar-refractivity contribution is 7.89. The molecule has 0 radical (unpaired) electrons. The van der Waals surface area contributed by atoms with Crippen molar-refractivity contribution in [3.05, 3.63) is 77.6 Å². The van der Waals surface area contributed by atoms with Crippen LogP contribution < -0.4 is 4.74 Å². The topological polar surface area (TPSA) is 94.9 Å². The fourth-order valence-corrected chi connectivity index (χ4v) is 6.12. The molecule has 0 unspecified atom stereocenters. The number of Topliss-reactive ketones (excluding diaryl/α,β-unsaturated/α-hetero) is 1. The zero-order valence-electron chi connectivity index (χ0n) is 21.0. The number of rotatable bonds is 9. The van der Waals surface area contributed by atoms with Crippen molar-refractivity contribution in [1.82, 2.24) is 8.87 Å². The number of carbonyl (C=O) groups is 2. The quantitative estimate of drug-likeness (QED) is 0.289. The molecular formula is C27H28F2N2O6S. The lowest BCUT2D eigenvalue weighted by Crippen LogP contribution is -2.40. The van der Waals surface area contributed by atoms with Crippen molar-refractivity contribution in [3.63, 3.8) is 0 Å². The van der Waals surface area contributed by atoms with Crippen LogP contribution in [0.15, 0.2) is 65.6 Å². The SMILES string of the molecule is Cc1cc(C(=O)COC(=O)C2CCN(S(=O)(=O)c3ccccc3)CC2)c(C)n1-c1ccc(OC(F)F)cc1. The van der Waals surface area contributed by atoms with Crippen molar-refractivity contribution in [2.75, 3.05) is 19.7 Å². The van der Waals surface area contributed by atoms with Crippen LogP contribution in [0.25, 0.3) is 5.69 Å². The smallest absolute Gasteiger partial charge is 0.387 e. The molecular weight excluding hydrogens is 518 g/mol. The highest BCUT2D eigenvalue weighted by Crippen LogP contribution is 2.26. The standard InChI is InChI=1S/C27H28F2N2O6S/c1-18-16-24(19(2)31(18)21-8-10-22(11-9-21)37-27(28)29)25(32)17-36-26(33)20-12-14-30(15-13-20)38(34,35)23-6-4-3-5-7-23/h3-11,16,20,27H,12-15,17H2,1-2H3. The second-order valence-corrected chi connectivity index (χ2v) is 11.0. The minimum atomic E-state index is -3.63. The number of carbonyl (C=O) groups excluding carboxylic acids is 2. The number of alkyl halides is 2. The van der Waals surface area contributed by atoms with Gasteiger partial charge in [-0.2, -0.15) is 13.1 Å². The zero-order valence-corrected chi connectivity index (χ0v) is 21.8. The Labute approximate surface area is 219 Å². The number of hydrogen-bond acceptors (Lipinski definition) is 6. The van der Waals surface area contributed by atoms with Crippen LogP contribution in [-0.4, -0.2) is 55.4 Å². The molecule has 2 heterocycles. The van der Waals surface area contributed by atoms with Gasteiger partial charge in [0.1, 0.15) is 5.75 Å². The Hall–Kier alpha value is -3.57. The molecule has 1 saturated heterocycles. The molecule has 3 aromatic rings. The molecule has 0 aliphatic carbocycles. The number of piperidine rings is 1. The first-order valence-corrected chi connectivity index (χ1v) is 13.5. The van der Waals surface area contributed by atoms with Crippen LogP contribution in [-0.2, 0) is 19.6 Å². The number of halogens is 2. The number of nitrogens with zero attached hydrogens (tertiary/aromatic N) is 2. The minimum Gasteiger partial charge on any atom is -0.457 e. The fraction of sp³-hybridized carbons (Fsp3) is 0.333. The summed E-state index contributed by atoms with van der Waals surface area (Å²) in [5, 5.41) is 0. The van der Waals surface area contributed by atoms with Gasteiger partial charge >= 0.3 is 12.6 Å². The van der Waals surface area contributed by atoms with Crippen LogP contribution >= 0.6 is 0 Å². The van der Waals surface area contributed by atoms with Gasteiger partial charge in [0.25, 0.3) is 0 Å². The number of esters is 1. The summed E-state index contributed by atoms with van der Waals surface area (Å²) in [5.41, 5.74) is 2.40. The van der Waals surface area contributed by atoms with Gasteiger partial charge in [0.05, 0.1) is 10.8 Å². The molecule has 0 atom stereocenters. The highest BCUT2D eigenvalue weighted by Gasteiger charge is 2.33. The lowest BCUT2D eigenvalue weighted by Gasteiger charge is -2.30. The Morgan fingerprint density at radius 1 is 1.00 bits per heavy atom. The largest absolute Gasteiger partial charge is 0.457 e. The molecule has 2 aromatic carbocycles. The summed E-state index contributed by atoms with van der Waals surface area (Å²) in [7, 11) is -3.63. The van der Waals surface area contributed by atoms with Crippen molar-refractivity contribution < 1.29 is 36.3 Å². The third kappa shape index (κ3) is 5.94. The van der Waals surface area contributed by atoms with E-state index in [2.05, 4.69) is 4.74 Å². The molecule has 38 heavy (non-hydrogen) atoms. The zero-order chi connectivity index (χ0) is 27.4. The summed E-state index contributed by atoms with van der Waals surface area (Å²) in [6, 6.07) is 15.9. The average molecular weight is 547 g/mol. The molecule has 1 aromatic heterocycles. The summed E-state index contributed by atoms with van der Waals surface area (Å²) < 4.78 is 63.2. The van der Waals surface area contributed by atoms with Gasteiger partial charge in [-0.25, -0.2) is 8.42 Å². The number of hydrogen-bond donors (Lipinski definition) is 0. The maximum atomic E-state index is 12.9. The maximum Gasteiger partial charge on any atom is 0.387 e. The number of ether oxygens (including phenoxy) is 2. The molecule has 4 rings (SSSR count). The van der Waals surface area contributed by atoms with Crippen molar-refractivity contribution in [1.29, 1.82) is 0 Å². The Kier molecular flexibility index (Phi) is 8.27. The maximum absolute atomic E-state index is 12.9. The predicted molar refractivity (Wildman–Crippen MR) is 135 cm³/mol. The molecule has 0 N–H and O–H groups in total. The molecule has 0 saturated carbocycles. The number of aryl methyl sites for hydroxylation is 1. The van der Waals surface area contributed by atoms with Gasteiger partial charge in [0, 0.05) is 35.7 Å². The van der Waals surface area contributed by atoms with Crippen molar-refractivity contribution >= 4 is 21.8 Å². The average Bonchev–Trinajstić information content (AvgIpc) is 3.21. The van der Waals surface area contributed by atoms with E-state index in [1.165, 1.54) is 28.6 Å². The fourth-order valence-electron chi connectivity index (χ4n) is 4.62. The predicted octanol–water partition coefficient (Wildman–Crippen LogP) is 4.52. The monoisotopic (exact) mass is 546 g/mol. The molecule has 0 amide bonds. The number of aromatic nitrogens is 1. The summed E-state index contributed by atoms with van der Waals surface area (Å²) in [5.74, 6) is -1.37. The minimum absolute atomic E-state index is 0.0259. The Bertz CT molecular complexity index is 1400. The van der Waals surface area contributed by atoms with Crippen LogP contribution in [0.1, 0.15) is 34.6 Å². The third-order valence-corrected chi connectivity index (χ3v) is 8.48. The summed E-state index contributed by atoms with van der Waals surface area (Å²) in [6.45, 7) is 0.566. The first-order valence-electron chi connectivity index (χ1n) is 12.1. The molecule has 202 valence electrons. The first-order chi connectivity index (χ1) is 18.1. The lowest BCUT2D eigenvalue weighted by atomic mass is 9.98. The van der Waals surface area contributed by atoms with E-state index >= 15 is 0 Å². The van der Waals surface area contributed by atoms with Crippen LogP contribution in [0.3, 0.4) is 0 Å². The van der Waals surface area contributed by atoms with Crippen molar-refractivity contribution in [2.24, 2.45) is 5.92 Å². The van der Waals surface area contributed by atoms with Gasteiger partial charge in [0.15, 0.2) is 6.61 Å². The molecule has 1 fully saturated rings. The Morgan fingerprint density at radius 2 is 1.63 bits per heavy atom. The normalized spacial score (nSPS) is 15.0. The third-order valence-electron chi connectivity index (χ3n) is 6.57. The molecule has 0 spiro atoms. The van der Waals surface area contributed by atoms with E-state index in [9.17, 15) is 26.8 Å². The van der Waals surface area contributed by atoms with Crippen molar-refractivity contribution in [3.8, 4) is 11.4 Å². The lowest BCUT2D eigenvalue weighted by molar-refractivity contribution is -0.148. The first kappa shape index (κ1) is 27.5. The Morgan fingerprint density at radius 3 is 2.24 bits per heavy atom.